The second kappa shape index (κ2) is 3.93. The fraction of sp³-hybridized carbons (Fsp3) is 0.929. The second-order valence-corrected chi connectivity index (χ2v) is 6.83. The van der Waals surface area contributed by atoms with E-state index in [1.165, 1.54) is 0 Å². The minimum Gasteiger partial charge on any atom is -0.379 e. The van der Waals surface area contributed by atoms with Crippen molar-refractivity contribution in [3.63, 3.8) is 0 Å². The number of hydrogen-bond donors (Lipinski definition) is 0. The normalized spacial score (nSPS) is 41.4. The predicted octanol–water partition coefficient (Wildman–Crippen LogP) is 0.941. The molecule has 0 spiro atoms. The molecule has 0 N–H and O–H groups in total. The summed E-state index contributed by atoms with van der Waals surface area (Å²) >= 11 is 0. The van der Waals surface area contributed by atoms with Gasteiger partial charge in [-0.1, -0.05) is 0 Å². The molecular weight excluding hydrogens is 226 g/mol. The van der Waals surface area contributed by atoms with Crippen LogP contribution in [0.5, 0.6) is 0 Å². The van der Waals surface area contributed by atoms with Crippen molar-refractivity contribution in [3.05, 3.63) is 0 Å². The molecular formula is C14H23N3O. The summed E-state index contributed by atoms with van der Waals surface area (Å²) in [5.41, 5.74) is 0.0746. The molecule has 3 aliphatic rings. The Morgan fingerprint density at radius 3 is 2.17 bits per heavy atom. The van der Waals surface area contributed by atoms with Gasteiger partial charge in [-0.2, -0.15) is 5.26 Å². The van der Waals surface area contributed by atoms with Crippen LogP contribution in [0.15, 0.2) is 0 Å². The maximum absolute atomic E-state index is 9.65. The third-order valence-corrected chi connectivity index (χ3v) is 5.00. The van der Waals surface area contributed by atoms with Crippen molar-refractivity contribution < 1.29 is 4.74 Å². The highest BCUT2D eigenvalue weighted by molar-refractivity contribution is 5.34. The number of likely N-dealkylation sites (tertiary alicyclic amines) is 1. The van der Waals surface area contributed by atoms with Gasteiger partial charge in [0.1, 0.15) is 5.54 Å². The molecule has 1 unspecified atom stereocenters. The topological polar surface area (TPSA) is 39.5 Å². The van der Waals surface area contributed by atoms with Crippen LogP contribution in [0.4, 0.5) is 0 Å². The van der Waals surface area contributed by atoms with E-state index in [0.717, 1.165) is 39.4 Å². The molecule has 1 saturated carbocycles. The van der Waals surface area contributed by atoms with Crippen LogP contribution in [0.3, 0.4) is 0 Å². The number of piperidine rings is 1. The molecule has 4 nitrogen and oxygen atoms in total. The minimum atomic E-state index is -0.161. The van der Waals surface area contributed by atoms with Gasteiger partial charge < -0.3 is 4.74 Å². The molecule has 100 valence electrons. The summed E-state index contributed by atoms with van der Waals surface area (Å²) in [6.45, 7) is 12.4. The second-order valence-electron chi connectivity index (χ2n) is 6.83. The molecule has 2 heterocycles. The molecule has 0 aromatic heterocycles. The highest BCUT2D eigenvalue weighted by Crippen LogP contribution is 2.59. The number of fused-ring (bicyclic) bond motifs is 1. The maximum Gasteiger partial charge on any atom is 0.118 e. The molecule has 0 bridgehead atoms. The lowest BCUT2D eigenvalue weighted by Crippen LogP contribution is -2.51. The van der Waals surface area contributed by atoms with Gasteiger partial charge in [0.05, 0.1) is 19.3 Å². The fourth-order valence-electron chi connectivity index (χ4n) is 3.79. The lowest BCUT2D eigenvalue weighted by molar-refractivity contribution is 0.00632. The Labute approximate surface area is 109 Å². The summed E-state index contributed by atoms with van der Waals surface area (Å²) in [5.74, 6) is 1.11. The summed E-state index contributed by atoms with van der Waals surface area (Å²) in [6.07, 6.45) is 0. The number of nitrogens with zero attached hydrogens (tertiary/aromatic N) is 3. The average molecular weight is 249 g/mol. The molecule has 0 aromatic carbocycles. The Morgan fingerprint density at radius 2 is 1.72 bits per heavy atom. The summed E-state index contributed by atoms with van der Waals surface area (Å²) in [4.78, 5) is 4.91. The van der Waals surface area contributed by atoms with Gasteiger partial charge in [0, 0.05) is 43.6 Å². The van der Waals surface area contributed by atoms with E-state index in [0.29, 0.717) is 11.8 Å². The zero-order valence-electron chi connectivity index (χ0n) is 11.6. The van der Waals surface area contributed by atoms with Gasteiger partial charge in [-0.15, -0.1) is 0 Å². The Bertz CT molecular complexity index is 363. The van der Waals surface area contributed by atoms with Crippen LogP contribution in [-0.2, 0) is 4.74 Å². The largest absolute Gasteiger partial charge is 0.379 e. The molecule has 4 heteroatoms. The van der Waals surface area contributed by atoms with Crippen molar-refractivity contribution in [1.82, 2.24) is 9.80 Å². The van der Waals surface area contributed by atoms with E-state index < -0.39 is 0 Å². The zero-order valence-corrected chi connectivity index (χ0v) is 11.6. The van der Waals surface area contributed by atoms with Crippen LogP contribution in [0, 0.1) is 23.2 Å². The number of nitriles is 1. The van der Waals surface area contributed by atoms with Crippen molar-refractivity contribution in [2.24, 2.45) is 11.8 Å². The molecule has 3 rings (SSSR count). The van der Waals surface area contributed by atoms with Crippen LogP contribution in [0.2, 0.25) is 0 Å². The first kappa shape index (κ1) is 12.4. The molecule has 2 saturated heterocycles. The monoisotopic (exact) mass is 249 g/mol. The van der Waals surface area contributed by atoms with Gasteiger partial charge >= 0.3 is 0 Å². The Hall–Kier alpha value is -0.630. The van der Waals surface area contributed by atoms with Crippen molar-refractivity contribution in [3.8, 4) is 6.07 Å². The van der Waals surface area contributed by atoms with Gasteiger partial charge in [0.25, 0.3) is 0 Å². The van der Waals surface area contributed by atoms with E-state index in [4.69, 9.17) is 4.74 Å². The first-order valence-corrected chi connectivity index (χ1v) is 6.99. The van der Waals surface area contributed by atoms with E-state index in [1.54, 1.807) is 0 Å². The number of morpholine rings is 1. The summed E-state index contributed by atoms with van der Waals surface area (Å²) in [7, 11) is 0. The van der Waals surface area contributed by atoms with E-state index in [-0.39, 0.29) is 11.1 Å². The van der Waals surface area contributed by atoms with Crippen LogP contribution < -0.4 is 0 Å². The van der Waals surface area contributed by atoms with Crippen molar-refractivity contribution in [1.29, 1.82) is 5.26 Å². The predicted molar refractivity (Wildman–Crippen MR) is 69.0 cm³/mol. The number of rotatable bonds is 1. The van der Waals surface area contributed by atoms with E-state index >= 15 is 0 Å². The highest BCUT2D eigenvalue weighted by Gasteiger charge is 2.72. The first-order valence-electron chi connectivity index (χ1n) is 6.99. The Kier molecular flexibility index (Phi) is 2.71. The van der Waals surface area contributed by atoms with Crippen molar-refractivity contribution in [2.45, 2.75) is 31.8 Å². The molecule has 0 radical (unpaired) electrons. The van der Waals surface area contributed by atoms with Crippen LogP contribution >= 0.6 is 0 Å². The summed E-state index contributed by atoms with van der Waals surface area (Å²) in [6, 6.07) is 2.64. The van der Waals surface area contributed by atoms with Crippen molar-refractivity contribution >= 4 is 0 Å². The third-order valence-electron chi connectivity index (χ3n) is 5.00. The number of ether oxygens (including phenoxy) is 1. The smallest absolute Gasteiger partial charge is 0.118 e. The van der Waals surface area contributed by atoms with Gasteiger partial charge in [0.2, 0.25) is 0 Å². The first-order chi connectivity index (χ1) is 8.50. The quantitative estimate of drug-likeness (QED) is 0.693. The van der Waals surface area contributed by atoms with E-state index in [2.05, 4.69) is 36.6 Å². The van der Waals surface area contributed by atoms with Crippen LogP contribution in [0.1, 0.15) is 20.8 Å². The van der Waals surface area contributed by atoms with E-state index in [1.807, 2.05) is 0 Å². The Morgan fingerprint density at radius 1 is 1.17 bits per heavy atom. The Balaban J connectivity index is 1.71. The lowest BCUT2D eigenvalue weighted by Gasteiger charge is -2.38. The molecule has 3 fully saturated rings. The highest BCUT2D eigenvalue weighted by atomic mass is 16.5. The lowest BCUT2D eigenvalue weighted by atomic mass is 10.0. The van der Waals surface area contributed by atoms with Gasteiger partial charge in [-0.05, 0) is 20.8 Å². The molecule has 1 aliphatic carbocycles. The zero-order chi connectivity index (χ0) is 13.0. The standard InChI is InChI=1S/C14H23N3O/c1-13(2,3)17-8-11-12(9-17)14(11,10-15)16-4-6-18-7-5-16/h11-12H,4-9H2,1-3H3/t11-,12+,14?. The SMILES string of the molecule is CC(C)(C)N1C[C@@H]2[C@H](C1)C2(C#N)N1CCOCC1. The van der Waals surface area contributed by atoms with Gasteiger partial charge in [-0.3, -0.25) is 9.80 Å². The van der Waals surface area contributed by atoms with Crippen molar-refractivity contribution in [2.75, 3.05) is 39.4 Å². The molecule has 0 aromatic rings. The minimum absolute atomic E-state index is 0.161. The van der Waals surface area contributed by atoms with Crippen LogP contribution in [-0.4, -0.2) is 60.3 Å². The van der Waals surface area contributed by atoms with Gasteiger partial charge in [-0.25, -0.2) is 0 Å². The molecule has 18 heavy (non-hydrogen) atoms. The summed E-state index contributed by atoms with van der Waals surface area (Å²) in [5, 5.41) is 9.65. The average Bonchev–Trinajstić information content (AvgIpc) is 2.72. The third kappa shape index (κ3) is 1.61. The molecule has 0 amide bonds. The van der Waals surface area contributed by atoms with E-state index in [9.17, 15) is 5.26 Å². The van der Waals surface area contributed by atoms with Gasteiger partial charge in [0.15, 0.2) is 0 Å². The fourth-order valence-corrected chi connectivity index (χ4v) is 3.79. The van der Waals surface area contributed by atoms with Crippen LogP contribution in [0.25, 0.3) is 0 Å². The summed E-state index contributed by atoms with van der Waals surface area (Å²) < 4.78 is 5.40. The maximum atomic E-state index is 9.65. The molecule has 3 atom stereocenters. The number of hydrogen-bond acceptors (Lipinski definition) is 4. The molecule has 2 aliphatic heterocycles.